The monoisotopic (exact) mass is 310 g/mol. The maximum atomic E-state index is 12.0. The van der Waals surface area contributed by atoms with E-state index in [0.717, 1.165) is 25.7 Å². The van der Waals surface area contributed by atoms with Gasteiger partial charge in [-0.05, 0) is 26.7 Å². The first-order valence-corrected chi connectivity index (χ1v) is 7.67. The summed E-state index contributed by atoms with van der Waals surface area (Å²) in [6.07, 6.45) is 3.75. The Bertz CT molecular complexity index is 494. The van der Waals surface area contributed by atoms with Crippen molar-refractivity contribution in [2.45, 2.75) is 45.6 Å². The molecule has 2 amide bonds. The predicted molar refractivity (Wildman–Crippen MR) is 77.7 cm³/mol. The van der Waals surface area contributed by atoms with Gasteiger partial charge < -0.3 is 20.1 Å². The highest BCUT2D eigenvalue weighted by Crippen LogP contribution is 2.26. The van der Waals surface area contributed by atoms with E-state index in [9.17, 15) is 14.4 Å². The molecule has 1 atom stereocenters. The zero-order chi connectivity index (χ0) is 16.1. The molecular weight excluding hydrogens is 288 g/mol. The van der Waals surface area contributed by atoms with E-state index in [0.29, 0.717) is 11.3 Å². The molecule has 1 saturated carbocycles. The van der Waals surface area contributed by atoms with Crippen LogP contribution >= 0.6 is 0 Å². The van der Waals surface area contributed by atoms with Crippen LogP contribution in [-0.2, 0) is 19.1 Å². The van der Waals surface area contributed by atoms with Gasteiger partial charge in [0, 0.05) is 0 Å². The summed E-state index contributed by atoms with van der Waals surface area (Å²) in [5.74, 6) is -0.857. The minimum absolute atomic E-state index is 0.0681. The van der Waals surface area contributed by atoms with E-state index in [-0.39, 0.29) is 25.1 Å². The molecule has 0 aromatic carbocycles. The lowest BCUT2D eigenvalue weighted by molar-refractivity contribution is -0.147. The minimum atomic E-state index is -0.519. The van der Waals surface area contributed by atoms with Gasteiger partial charge in [-0.25, -0.2) is 9.59 Å². The van der Waals surface area contributed by atoms with Crippen LogP contribution < -0.4 is 10.6 Å². The van der Waals surface area contributed by atoms with Crippen LogP contribution in [0.15, 0.2) is 11.3 Å². The fourth-order valence-electron chi connectivity index (χ4n) is 2.82. The van der Waals surface area contributed by atoms with Crippen molar-refractivity contribution in [3.8, 4) is 0 Å². The number of hydrogen-bond donors (Lipinski definition) is 2. The number of ether oxygens (including phenoxy) is 2. The van der Waals surface area contributed by atoms with E-state index < -0.39 is 18.0 Å². The highest BCUT2D eigenvalue weighted by atomic mass is 16.5. The molecule has 2 N–H and O–H groups in total. The SMILES string of the molecule is CCOC(=O)C1=C(COC(=O)C2CCCC2)NC(=O)NC1C. The largest absolute Gasteiger partial charge is 0.463 e. The smallest absolute Gasteiger partial charge is 0.338 e. The van der Waals surface area contributed by atoms with Gasteiger partial charge in [-0.2, -0.15) is 0 Å². The number of rotatable bonds is 5. The van der Waals surface area contributed by atoms with E-state index >= 15 is 0 Å². The highest BCUT2D eigenvalue weighted by Gasteiger charge is 2.31. The molecule has 122 valence electrons. The highest BCUT2D eigenvalue weighted by molar-refractivity contribution is 5.94. The summed E-state index contributed by atoms with van der Waals surface area (Å²) in [6, 6.07) is -0.916. The average molecular weight is 310 g/mol. The molecule has 1 aliphatic carbocycles. The molecular formula is C15H22N2O5. The molecule has 1 fully saturated rings. The summed E-state index contributed by atoms with van der Waals surface area (Å²) in [6.45, 7) is 3.50. The number of carbonyl (C=O) groups is 3. The number of esters is 2. The van der Waals surface area contributed by atoms with E-state index in [4.69, 9.17) is 9.47 Å². The lowest BCUT2D eigenvalue weighted by Crippen LogP contribution is -2.50. The Morgan fingerprint density at radius 2 is 1.91 bits per heavy atom. The van der Waals surface area contributed by atoms with Crippen LogP contribution in [0.5, 0.6) is 0 Å². The number of nitrogens with one attached hydrogen (secondary N) is 2. The second kappa shape index (κ2) is 7.29. The normalized spacial score (nSPS) is 22.1. The van der Waals surface area contributed by atoms with E-state index in [1.54, 1.807) is 13.8 Å². The summed E-state index contributed by atoms with van der Waals surface area (Å²) in [5.41, 5.74) is 0.585. The molecule has 7 nitrogen and oxygen atoms in total. The molecule has 1 unspecified atom stereocenters. The molecule has 0 aromatic heterocycles. The van der Waals surface area contributed by atoms with E-state index in [1.165, 1.54) is 0 Å². The molecule has 2 aliphatic rings. The Kier molecular flexibility index (Phi) is 5.41. The van der Waals surface area contributed by atoms with Crippen molar-refractivity contribution >= 4 is 18.0 Å². The second-order valence-electron chi connectivity index (χ2n) is 5.52. The van der Waals surface area contributed by atoms with Crippen molar-refractivity contribution in [1.82, 2.24) is 10.6 Å². The maximum absolute atomic E-state index is 12.0. The number of hydrogen-bond acceptors (Lipinski definition) is 5. The van der Waals surface area contributed by atoms with Gasteiger partial charge in [-0.15, -0.1) is 0 Å². The summed E-state index contributed by atoms with van der Waals surface area (Å²) in [4.78, 5) is 35.5. The van der Waals surface area contributed by atoms with Gasteiger partial charge in [0.15, 0.2) is 0 Å². The fraction of sp³-hybridized carbons (Fsp3) is 0.667. The molecule has 2 rings (SSSR count). The van der Waals surface area contributed by atoms with Crippen LogP contribution in [0.25, 0.3) is 0 Å². The second-order valence-corrected chi connectivity index (χ2v) is 5.52. The molecule has 0 aromatic rings. The van der Waals surface area contributed by atoms with Crippen LogP contribution in [0.4, 0.5) is 4.79 Å². The minimum Gasteiger partial charge on any atom is -0.463 e. The van der Waals surface area contributed by atoms with Crippen molar-refractivity contribution < 1.29 is 23.9 Å². The topological polar surface area (TPSA) is 93.7 Å². The molecule has 0 bridgehead atoms. The van der Waals surface area contributed by atoms with Gasteiger partial charge in [0.2, 0.25) is 0 Å². The van der Waals surface area contributed by atoms with Crippen LogP contribution in [0.3, 0.4) is 0 Å². The standard InChI is InChI=1S/C15H22N2O5/c1-3-21-14(19)12-9(2)16-15(20)17-11(12)8-22-13(18)10-6-4-5-7-10/h9-10H,3-8H2,1-2H3,(H2,16,17,20). The first kappa shape index (κ1) is 16.3. The number of amides is 2. The van der Waals surface area contributed by atoms with Gasteiger partial charge in [-0.1, -0.05) is 12.8 Å². The molecule has 1 aliphatic heterocycles. The maximum Gasteiger partial charge on any atom is 0.338 e. The summed E-state index contributed by atoms with van der Waals surface area (Å²) >= 11 is 0. The first-order chi connectivity index (χ1) is 10.5. The van der Waals surface area contributed by atoms with Gasteiger partial charge in [-0.3, -0.25) is 4.79 Å². The van der Waals surface area contributed by atoms with Gasteiger partial charge >= 0.3 is 18.0 Å². The zero-order valence-electron chi connectivity index (χ0n) is 12.9. The third kappa shape index (κ3) is 3.78. The summed E-state index contributed by atoms with van der Waals surface area (Å²) < 4.78 is 10.3. The lowest BCUT2D eigenvalue weighted by atomic mass is 10.0. The molecule has 22 heavy (non-hydrogen) atoms. The zero-order valence-corrected chi connectivity index (χ0v) is 12.9. The molecule has 7 heteroatoms. The van der Waals surface area contributed by atoms with Gasteiger partial charge in [0.1, 0.15) is 6.61 Å². The third-order valence-electron chi connectivity index (χ3n) is 3.91. The lowest BCUT2D eigenvalue weighted by Gasteiger charge is -2.26. The van der Waals surface area contributed by atoms with E-state index in [2.05, 4.69) is 10.6 Å². The van der Waals surface area contributed by atoms with Crippen molar-refractivity contribution in [1.29, 1.82) is 0 Å². The predicted octanol–water partition coefficient (Wildman–Crippen LogP) is 1.24. The number of urea groups is 1. The Labute approximate surface area is 129 Å². The fourth-order valence-corrected chi connectivity index (χ4v) is 2.82. The Morgan fingerprint density at radius 1 is 1.23 bits per heavy atom. The van der Waals surface area contributed by atoms with Gasteiger partial charge in [0.25, 0.3) is 0 Å². The molecule has 0 radical (unpaired) electrons. The van der Waals surface area contributed by atoms with Crippen LogP contribution in [0.2, 0.25) is 0 Å². The molecule has 1 heterocycles. The van der Waals surface area contributed by atoms with Crippen LogP contribution in [-0.4, -0.2) is 37.2 Å². The summed E-state index contributed by atoms with van der Waals surface area (Å²) in [7, 11) is 0. The average Bonchev–Trinajstić information content (AvgIpc) is 2.98. The first-order valence-electron chi connectivity index (χ1n) is 7.67. The van der Waals surface area contributed by atoms with Crippen molar-refractivity contribution in [3.05, 3.63) is 11.3 Å². The third-order valence-corrected chi connectivity index (χ3v) is 3.91. The van der Waals surface area contributed by atoms with Crippen molar-refractivity contribution in [3.63, 3.8) is 0 Å². The Hall–Kier alpha value is -2.05. The molecule has 0 spiro atoms. The van der Waals surface area contributed by atoms with Crippen LogP contribution in [0, 0.1) is 5.92 Å². The molecule has 0 saturated heterocycles. The van der Waals surface area contributed by atoms with E-state index in [1.807, 2.05) is 0 Å². The Morgan fingerprint density at radius 3 is 2.55 bits per heavy atom. The van der Waals surface area contributed by atoms with Gasteiger partial charge in [0.05, 0.1) is 29.8 Å². The summed E-state index contributed by atoms with van der Waals surface area (Å²) in [5, 5.41) is 5.13. The quantitative estimate of drug-likeness (QED) is 0.745. The van der Waals surface area contributed by atoms with Crippen molar-refractivity contribution in [2.75, 3.05) is 13.2 Å². The van der Waals surface area contributed by atoms with Crippen molar-refractivity contribution in [2.24, 2.45) is 5.92 Å². The van der Waals surface area contributed by atoms with Crippen LogP contribution in [0.1, 0.15) is 39.5 Å². The number of carbonyl (C=O) groups excluding carboxylic acids is 3. The Balaban J connectivity index is 2.07.